The van der Waals surface area contributed by atoms with Crippen molar-refractivity contribution < 1.29 is 9.47 Å². The molecule has 1 unspecified atom stereocenters. The van der Waals surface area contributed by atoms with E-state index in [1.807, 2.05) is 6.07 Å². The van der Waals surface area contributed by atoms with Gasteiger partial charge in [-0.2, -0.15) is 0 Å². The second-order valence-electron chi connectivity index (χ2n) is 5.20. The minimum atomic E-state index is 0.304. The summed E-state index contributed by atoms with van der Waals surface area (Å²) in [6.45, 7) is 6.71. The number of aryl methyl sites for hydroxylation is 1. The van der Waals surface area contributed by atoms with Crippen molar-refractivity contribution in [1.29, 1.82) is 0 Å². The first-order chi connectivity index (χ1) is 9.19. The van der Waals surface area contributed by atoms with E-state index in [9.17, 15) is 0 Å². The van der Waals surface area contributed by atoms with Crippen molar-refractivity contribution in [1.82, 2.24) is 10.2 Å². The van der Waals surface area contributed by atoms with Gasteiger partial charge in [0, 0.05) is 26.2 Å². The van der Waals surface area contributed by atoms with Crippen LogP contribution in [0.3, 0.4) is 0 Å². The molecule has 1 aliphatic heterocycles. The van der Waals surface area contributed by atoms with Gasteiger partial charge < -0.3 is 14.8 Å². The third-order valence-corrected chi connectivity index (χ3v) is 3.43. The van der Waals surface area contributed by atoms with Crippen molar-refractivity contribution in [2.75, 3.05) is 40.4 Å². The molecule has 0 bridgehead atoms. The third kappa shape index (κ3) is 4.20. The number of hydrogen-bond acceptors (Lipinski definition) is 4. The molecule has 0 radical (unpaired) electrons. The highest BCUT2D eigenvalue weighted by Gasteiger charge is 2.15. The van der Waals surface area contributed by atoms with Crippen LogP contribution < -0.4 is 10.1 Å². The fourth-order valence-corrected chi connectivity index (χ4v) is 2.50. The highest BCUT2D eigenvalue weighted by Crippen LogP contribution is 2.19. The Morgan fingerprint density at radius 3 is 2.95 bits per heavy atom. The Labute approximate surface area is 115 Å². The molecule has 1 aromatic carbocycles. The SMILES string of the molecule is COc1ccc(CN(C)CC2CNCCO2)cc1C. The number of morpholine rings is 1. The summed E-state index contributed by atoms with van der Waals surface area (Å²) in [6.07, 6.45) is 0.304. The van der Waals surface area contributed by atoms with E-state index >= 15 is 0 Å². The maximum Gasteiger partial charge on any atom is 0.121 e. The second kappa shape index (κ2) is 6.89. The second-order valence-corrected chi connectivity index (χ2v) is 5.20. The smallest absolute Gasteiger partial charge is 0.121 e. The van der Waals surface area contributed by atoms with Gasteiger partial charge >= 0.3 is 0 Å². The molecule has 0 aliphatic carbocycles. The number of hydrogen-bond donors (Lipinski definition) is 1. The molecule has 106 valence electrons. The van der Waals surface area contributed by atoms with Gasteiger partial charge in [0.1, 0.15) is 5.75 Å². The molecule has 0 amide bonds. The zero-order valence-electron chi connectivity index (χ0n) is 12.1. The van der Waals surface area contributed by atoms with Crippen molar-refractivity contribution in [3.63, 3.8) is 0 Å². The van der Waals surface area contributed by atoms with E-state index in [-0.39, 0.29) is 0 Å². The van der Waals surface area contributed by atoms with Crippen LogP contribution in [0.5, 0.6) is 5.75 Å². The standard InChI is InChI=1S/C15H24N2O2/c1-12-8-13(4-5-15(12)18-3)10-17(2)11-14-9-16-6-7-19-14/h4-5,8,14,16H,6-7,9-11H2,1-3H3. The van der Waals surface area contributed by atoms with Gasteiger partial charge in [0.25, 0.3) is 0 Å². The van der Waals surface area contributed by atoms with Crippen LogP contribution in [-0.4, -0.2) is 51.4 Å². The lowest BCUT2D eigenvalue weighted by atomic mass is 10.1. The first-order valence-corrected chi connectivity index (χ1v) is 6.83. The van der Waals surface area contributed by atoms with E-state index in [0.717, 1.165) is 38.5 Å². The summed E-state index contributed by atoms with van der Waals surface area (Å²) in [5, 5.41) is 3.36. The molecule has 1 atom stereocenters. The Morgan fingerprint density at radius 2 is 2.32 bits per heavy atom. The van der Waals surface area contributed by atoms with Crippen molar-refractivity contribution >= 4 is 0 Å². The molecule has 0 spiro atoms. The summed E-state index contributed by atoms with van der Waals surface area (Å²) < 4.78 is 11.0. The number of nitrogens with one attached hydrogen (secondary N) is 1. The van der Waals surface area contributed by atoms with Gasteiger partial charge in [-0.3, -0.25) is 4.90 Å². The van der Waals surface area contributed by atoms with Crippen LogP contribution in [0.4, 0.5) is 0 Å². The molecule has 1 saturated heterocycles. The minimum Gasteiger partial charge on any atom is -0.496 e. The Hall–Kier alpha value is -1.10. The van der Waals surface area contributed by atoms with Gasteiger partial charge in [-0.25, -0.2) is 0 Å². The molecule has 1 aromatic rings. The average Bonchev–Trinajstić information content (AvgIpc) is 2.40. The summed E-state index contributed by atoms with van der Waals surface area (Å²) in [5.41, 5.74) is 2.49. The quantitative estimate of drug-likeness (QED) is 0.872. The fraction of sp³-hybridized carbons (Fsp3) is 0.600. The van der Waals surface area contributed by atoms with E-state index in [2.05, 4.69) is 36.3 Å². The molecular weight excluding hydrogens is 240 g/mol. The molecule has 0 saturated carbocycles. The molecule has 2 rings (SSSR count). The molecule has 4 heteroatoms. The Bertz CT molecular complexity index is 403. The monoisotopic (exact) mass is 264 g/mol. The van der Waals surface area contributed by atoms with Gasteiger partial charge in [-0.15, -0.1) is 0 Å². The topological polar surface area (TPSA) is 33.7 Å². The van der Waals surface area contributed by atoms with E-state index < -0.39 is 0 Å². The van der Waals surface area contributed by atoms with Crippen molar-refractivity contribution in [2.45, 2.75) is 19.6 Å². The summed E-state index contributed by atoms with van der Waals surface area (Å²) in [4.78, 5) is 2.30. The maximum absolute atomic E-state index is 5.72. The first-order valence-electron chi connectivity index (χ1n) is 6.83. The zero-order chi connectivity index (χ0) is 13.7. The van der Waals surface area contributed by atoms with E-state index in [0.29, 0.717) is 6.10 Å². The van der Waals surface area contributed by atoms with Crippen molar-refractivity contribution in [3.05, 3.63) is 29.3 Å². The summed E-state index contributed by atoms with van der Waals surface area (Å²) in [7, 11) is 3.85. The van der Waals surface area contributed by atoms with Crippen LogP contribution in [0.1, 0.15) is 11.1 Å². The van der Waals surface area contributed by atoms with Gasteiger partial charge in [-0.1, -0.05) is 12.1 Å². The molecular formula is C15H24N2O2. The molecule has 0 aromatic heterocycles. The van der Waals surface area contributed by atoms with Gasteiger partial charge in [-0.05, 0) is 31.2 Å². The lowest BCUT2D eigenvalue weighted by molar-refractivity contribution is 0.00884. The van der Waals surface area contributed by atoms with Crippen LogP contribution in [0.25, 0.3) is 0 Å². The highest BCUT2D eigenvalue weighted by molar-refractivity contribution is 5.36. The number of benzene rings is 1. The number of ether oxygens (including phenoxy) is 2. The number of likely N-dealkylation sites (N-methyl/N-ethyl adjacent to an activating group) is 1. The Kier molecular flexibility index (Phi) is 5.19. The zero-order valence-corrected chi connectivity index (χ0v) is 12.1. The van der Waals surface area contributed by atoms with Crippen molar-refractivity contribution in [3.8, 4) is 5.75 Å². The predicted octanol–water partition coefficient (Wildman–Crippen LogP) is 1.42. The summed E-state index contributed by atoms with van der Waals surface area (Å²) in [5.74, 6) is 0.950. The fourth-order valence-electron chi connectivity index (χ4n) is 2.50. The largest absolute Gasteiger partial charge is 0.496 e. The lowest BCUT2D eigenvalue weighted by Gasteiger charge is -2.28. The van der Waals surface area contributed by atoms with Crippen LogP contribution in [0.15, 0.2) is 18.2 Å². The Morgan fingerprint density at radius 1 is 1.47 bits per heavy atom. The van der Waals surface area contributed by atoms with Crippen molar-refractivity contribution in [2.24, 2.45) is 0 Å². The summed E-state index contributed by atoms with van der Waals surface area (Å²) >= 11 is 0. The summed E-state index contributed by atoms with van der Waals surface area (Å²) in [6, 6.07) is 6.36. The molecule has 1 fully saturated rings. The number of methoxy groups -OCH3 is 1. The van der Waals surface area contributed by atoms with Gasteiger partial charge in [0.15, 0.2) is 0 Å². The number of rotatable bonds is 5. The van der Waals surface area contributed by atoms with E-state index in [1.54, 1.807) is 7.11 Å². The van der Waals surface area contributed by atoms with Crippen LogP contribution in [0, 0.1) is 6.92 Å². The normalized spacial score (nSPS) is 19.7. The van der Waals surface area contributed by atoms with Gasteiger partial charge in [0.05, 0.1) is 19.8 Å². The van der Waals surface area contributed by atoms with Crippen LogP contribution >= 0.6 is 0 Å². The average molecular weight is 264 g/mol. The lowest BCUT2D eigenvalue weighted by Crippen LogP contribution is -2.44. The minimum absolute atomic E-state index is 0.304. The molecule has 1 aliphatic rings. The van der Waals surface area contributed by atoms with Crippen LogP contribution in [0.2, 0.25) is 0 Å². The van der Waals surface area contributed by atoms with E-state index in [4.69, 9.17) is 9.47 Å². The third-order valence-electron chi connectivity index (χ3n) is 3.43. The predicted molar refractivity (Wildman–Crippen MR) is 76.7 cm³/mol. The first kappa shape index (κ1) is 14.3. The van der Waals surface area contributed by atoms with E-state index in [1.165, 1.54) is 11.1 Å². The molecule has 19 heavy (non-hydrogen) atoms. The van der Waals surface area contributed by atoms with Gasteiger partial charge in [0.2, 0.25) is 0 Å². The highest BCUT2D eigenvalue weighted by atomic mass is 16.5. The molecule has 1 N–H and O–H groups in total. The number of nitrogens with zero attached hydrogens (tertiary/aromatic N) is 1. The molecule has 1 heterocycles. The maximum atomic E-state index is 5.72. The van der Waals surface area contributed by atoms with Crippen LogP contribution in [-0.2, 0) is 11.3 Å². The Balaban J connectivity index is 1.87. The molecule has 4 nitrogen and oxygen atoms in total.